The summed E-state index contributed by atoms with van der Waals surface area (Å²) in [6.07, 6.45) is 4.85. The summed E-state index contributed by atoms with van der Waals surface area (Å²) in [6, 6.07) is 7.99. The predicted octanol–water partition coefficient (Wildman–Crippen LogP) is 4.02. The molecule has 3 unspecified atom stereocenters. The molecule has 3 heteroatoms. The standard InChI is InChI=1S/C16H24FNS/c1-3-19-16-9-5-8-15(16)18-12(2)10-13-6-4-7-14(17)11-13/h4,6-7,11-12,15-16,18H,3,5,8-10H2,1-2H3. The van der Waals surface area contributed by atoms with Gasteiger partial charge in [-0.05, 0) is 49.6 Å². The van der Waals surface area contributed by atoms with Gasteiger partial charge in [-0.2, -0.15) is 11.8 Å². The molecule has 0 aromatic heterocycles. The van der Waals surface area contributed by atoms with Crippen LogP contribution < -0.4 is 5.32 Å². The van der Waals surface area contributed by atoms with E-state index in [9.17, 15) is 4.39 Å². The first-order valence-corrected chi connectivity index (χ1v) is 8.36. The van der Waals surface area contributed by atoms with Crippen molar-refractivity contribution in [2.24, 2.45) is 0 Å². The number of hydrogen-bond donors (Lipinski definition) is 1. The second-order valence-electron chi connectivity index (χ2n) is 5.43. The Labute approximate surface area is 120 Å². The third kappa shape index (κ3) is 4.50. The summed E-state index contributed by atoms with van der Waals surface area (Å²) in [4.78, 5) is 0. The summed E-state index contributed by atoms with van der Waals surface area (Å²) in [7, 11) is 0. The summed E-state index contributed by atoms with van der Waals surface area (Å²) in [5.74, 6) is 1.06. The topological polar surface area (TPSA) is 12.0 Å². The molecular weight excluding hydrogens is 257 g/mol. The number of rotatable bonds is 6. The molecule has 0 spiro atoms. The Bertz CT molecular complexity index is 396. The molecule has 0 bridgehead atoms. The molecule has 1 nitrogen and oxygen atoms in total. The van der Waals surface area contributed by atoms with Crippen LogP contribution >= 0.6 is 11.8 Å². The molecule has 1 aliphatic carbocycles. The molecule has 1 N–H and O–H groups in total. The number of nitrogens with one attached hydrogen (secondary N) is 1. The van der Waals surface area contributed by atoms with Crippen LogP contribution in [0.2, 0.25) is 0 Å². The number of halogens is 1. The largest absolute Gasteiger partial charge is 0.310 e. The fraction of sp³-hybridized carbons (Fsp3) is 0.625. The molecule has 0 amide bonds. The van der Waals surface area contributed by atoms with E-state index in [1.165, 1.54) is 31.1 Å². The quantitative estimate of drug-likeness (QED) is 0.845. The van der Waals surface area contributed by atoms with Gasteiger partial charge in [-0.15, -0.1) is 0 Å². The van der Waals surface area contributed by atoms with Crippen molar-refractivity contribution in [3.05, 3.63) is 35.6 Å². The van der Waals surface area contributed by atoms with Crippen molar-refractivity contribution in [3.63, 3.8) is 0 Å². The highest BCUT2D eigenvalue weighted by atomic mass is 32.2. The Balaban J connectivity index is 1.85. The van der Waals surface area contributed by atoms with E-state index in [1.54, 1.807) is 12.1 Å². The van der Waals surface area contributed by atoms with E-state index in [0.29, 0.717) is 12.1 Å². The summed E-state index contributed by atoms with van der Waals surface area (Å²) in [5, 5.41) is 4.50. The smallest absolute Gasteiger partial charge is 0.123 e. The minimum Gasteiger partial charge on any atom is -0.310 e. The molecule has 0 heterocycles. The number of thioether (sulfide) groups is 1. The zero-order chi connectivity index (χ0) is 13.7. The maximum atomic E-state index is 13.2. The van der Waals surface area contributed by atoms with Crippen molar-refractivity contribution in [2.45, 2.75) is 56.9 Å². The van der Waals surface area contributed by atoms with Gasteiger partial charge >= 0.3 is 0 Å². The van der Waals surface area contributed by atoms with Crippen LogP contribution in [-0.4, -0.2) is 23.1 Å². The first-order chi connectivity index (χ1) is 9.19. The third-order valence-corrected chi connectivity index (χ3v) is 5.09. The monoisotopic (exact) mass is 281 g/mol. The maximum absolute atomic E-state index is 13.2. The Morgan fingerprint density at radius 1 is 1.42 bits per heavy atom. The summed E-state index contributed by atoms with van der Waals surface area (Å²) in [5.41, 5.74) is 1.08. The molecule has 1 fully saturated rings. The van der Waals surface area contributed by atoms with E-state index < -0.39 is 0 Å². The van der Waals surface area contributed by atoms with Crippen molar-refractivity contribution >= 4 is 11.8 Å². The van der Waals surface area contributed by atoms with E-state index in [-0.39, 0.29) is 5.82 Å². The lowest BCUT2D eigenvalue weighted by molar-refractivity contribution is 0.453. The molecule has 0 aliphatic heterocycles. The van der Waals surface area contributed by atoms with Gasteiger partial charge in [0.2, 0.25) is 0 Å². The zero-order valence-corrected chi connectivity index (χ0v) is 12.7. The van der Waals surface area contributed by atoms with Crippen LogP contribution in [0.15, 0.2) is 24.3 Å². The van der Waals surface area contributed by atoms with Crippen LogP contribution in [0.5, 0.6) is 0 Å². The molecule has 19 heavy (non-hydrogen) atoms. The molecule has 3 atom stereocenters. The molecule has 1 aliphatic rings. The summed E-state index contributed by atoms with van der Waals surface area (Å²) < 4.78 is 13.2. The highest BCUT2D eigenvalue weighted by Gasteiger charge is 2.27. The number of benzene rings is 1. The first-order valence-electron chi connectivity index (χ1n) is 7.31. The van der Waals surface area contributed by atoms with E-state index in [0.717, 1.165) is 17.2 Å². The minimum atomic E-state index is -0.134. The van der Waals surface area contributed by atoms with Crippen LogP contribution in [0.3, 0.4) is 0 Å². The van der Waals surface area contributed by atoms with Gasteiger partial charge < -0.3 is 5.32 Å². The Hall–Kier alpha value is -0.540. The van der Waals surface area contributed by atoms with E-state index in [1.807, 2.05) is 6.07 Å². The molecule has 0 radical (unpaired) electrons. The molecule has 0 saturated heterocycles. The van der Waals surface area contributed by atoms with E-state index in [4.69, 9.17) is 0 Å². The lowest BCUT2D eigenvalue weighted by Crippen LogP contribution is -2.41. The second-order valence-corrected chi connectivity index (χ2v) is 6.95. The van der Waals surface area contributed by atoms with Gasteiger partial charge in [0.1, 0.15) is 5.82 Å². The van der Waals surface area contributed by atoms with E-state index in [2.05, 4.69) is 30.9 Å². The summed E-state index contributed by atoms with van der Waals surface area (Å²) >= 11 is 2.08. The van der Waals surface area contributed by atoms with Gasteiger partial charge in [0, 0.05) is 17.3 Å². The highest BCUT2D eigenvalue weighted by molar-refractivity contribution is 7.99. The molecule has 1 aromatic rings. The average molecular weight is 281 g/mol. The number of hydrogen-bond acceptors (Lipinski definition) is 2. The predicted molar refractivity (Wildman–Crippen MR) is 82.3 cm³/mol. The van der Waals surface area contributed by atoms with Crippen LogP contribution in [0.4, 0.5) is 4.39 Å². The SMILES string of the molecule is CCSC1CCCC1NC(C)Cc1cccc(F)c1. The molecule has 1 saturated carbocycles. The van der Waals surface area contributed by atoms with Gasteiger partial charge in [0.25, 0.3) is 0 Å². The lowest BCUT2D eigenvalue weighted by Gasteiger charge is -2.24. The Kier molecular flexibility index (Phi) is 5.71. The van der Waals surface area contributed by atoms with Gasteiger partial charge in [0.05, 0.1) is 0 Å². The Morgan fingerprint density at radius 3 is 3.00 bits per heavy atom. The maximum Gasteiger partial charge on any atom is 0.123 e. The van der Waals surface area contributed by atoms with Crippen LogP contribution in [-0.2, 0) is 6.42 Å². The van der Waals surface area contributed by atoms with Crippen molar-refractivity contribution in [3.8, 4) is 0 Å². The van der Waals surface area contributed by atoms with Crippen LogP contribution in [0.25, 0.3) is 0 Å². The first kappa shape index (κ1) is 14.9. The lowest BCUT2D eigenvalue weighted by atomic mass is 10.1. The fourth-order valence-electron chi connectivity index (χ4n) is 2.97. The average Bonchev–Trinajstić information content (AvgIpc) is 2.77. The fourth-order valence-corrected chi connectivity index (χ4v) is 4.18. The Morgan fingerprint density at radius 2 is 2.26 bits per heavy atom. The molecular formula is C16H24FNS. The van der Waals surface area contributed by atoms with Crippen molar-refractivity contribution in [1.82, 2.24) is 5.32 Å². The zero-order valence-electron chi connectivity index (χ0n) is 11.9. The van der Waals surface area contributed by atoms with Gasteiger partial charge in [-0.3, -0.25) is 0 Å². The van der Waals surface area contributed by atoms with Crippen molar-refractivity contribution < 1.29 is 4.39 Å². The van der Waals surface area contributed by atoms with Crippen LogP contribution in [0.1, 0.15) is 38.7 Å². The minimum absolute atomic E-state index is 0.134. The van der Waals surface area contributed by atoms with Crippen LogP contribution in [0, 0.1) is 5.82 Å². The normalized spacial score (nSPS) is 24.6. The van der Waals surface area contributed by atoms with E-state index >= 15 is 0 Å². The van der Waals surface area contributed by atoms with Gasteiger partial charge in [-0.1, -0.05) is 25.5 Å². The second kappa shape index (κ2) is 7.30. The van der Waals surface area contributed by atoms with Gasteiger partial charge in [0.15, 0.2) is 0 Å². The highest BCUT2D eigenvalue weighted by Crippen LogP contribution is 2.30. The molecule has 2 rings (SSSR count). The molecule has 1 aromatic carbocycles. The molecule has 106 valence electrons. The van der Waals surface area contributed by atoms with Gasteiger partial charge in [-0.25, -0.2) is 4.39 Å². The van der Waals surface area contributed by atoms with Crippen molar-refractivity contribution in [1.29, 1.82) is 0 Å². The summed E-state index contributed by atoms with van der Waals surface area (Å²) in [6.45, 7) is 4.44. The van der Waals surface area contributed by atoms with Crippen molar-refractivity contribution in [2.75, 3.05) is 5.75 Å². The third-order valence-electron chi connectivity index (χ3n) is 3.76.